The van der Waals surface area contributed by atoms with E-state index in [-0.39, 0.29) is 5.88 Å². The van der Waals surface area contributed by atoms with Crippen molar-refractivity contribution in [1.82, 2.24) is 10.5 Å². The van der Waals surface area contributed by atoms with Crippen LogP contribution in [0.25, 0.3) is 0 Å². The summed E-state index contributed by atoms with van der Waals surface area (Å²) < 4.78 is 0. The van der Waals surface area contributed by atoms with Crippen molar-refractivity contribution < 1.29 is 9.63 Å². The molecule has 0 radical (unpaired) electrons. The number of aromatic nitrogens is 1. The molecular weight excluding hydrogens is 170 g/mol. The summed E-state index contributed by atoms with van der Waals surface area (Å²) in [5.41, 5.74) is 3.63. The van der Waals surface area contributed by atoms with Crippen LogP contribution in [0.2, 0.25) is 0 Å². The standard InChI is InChI=1S/C8H11N3O2/c1-9-7-3-6(5-12)8(11-4-7)13-10-2/h3-5,9-10H,1-2H3. The molecule has 0 saturated heterocycles. The van der Waals surface area contributed by atoms with Crippen LogP contribution in [-0.4, -0.2) is 25.4 Å². The second kappa shape index (κ2) is 4.42. The van der Waals surface area contributed by atoms with Crippen molar-refractivity contribution in [3.8, 4) is 5.88 Å². The SMILES string of the molecule is CNOc1ncc(NC)cc1C=O. The number of hydroxylamine groups is 1. The molecule has 0 unspecified atom stereocenters. The van der Waals surface area contributed by atoms with Crippen LogP contribution < -0.4 is 15.6 Å². The molecule has 1 heterocycles. The van der Waals surface area contributed by atoms with E-state index >= 15 is 0 Å². The highest BCUT2D eigenvalue weighted by Crippen LogP contribution is 2.16. The second-order valence-electron chi connectivity index (χ2n) is 2.29. The van der Waals surface area contributed by atoms with Crippen molar-refractivity contribution in [2.45, 2.75) is 0 Å². The van der Waals surface area contributed by atoms with Gasteiger partial charge in [-0.1, -0.05) is 0 Å². The summed E-state index contributed by atoms with van der Waals surface area (Å²) in [6.45, 7) is 0. The zero-order valence-electron chi connectivity index (χ0n) is 7.50. The Morgan fingerprint density at radius 1 is 1.54 bits per heavy atom. The highest BCUT2D eigenvalue weighted by molar-refractivity contribution is 5.80. The molecular formula is C8H11N3O2. The lowest BCUT2D eigenvalue weighted by atomic mass is 10.3. The quantitative estimate of drug-likeness (QED) is 0.521. The molecule has 1 rings (SSSR count). The van der Waals surface area contributed by atoms with Crippen LogP contribution in [-0.2, 0) is 0 Å². The summed E-state index contributed by atoms with van der Waals surface area (Å²) >= 11 is 0. The van der Waals surface area contributed by atoms with E-state index in [2.05, 4.69) is 15.8 Å². The molecule has 1 aromatic rings. The Morgan fingerprint density at radius 3 is 2.85 bits per heavy atom. The van der Waals surface area contributed by atoms with E-state index in [1.54, 1.807) is 26.4 Å². The number of carbonyl (C=O) groups is 1. The second-order valence-corrected chi connectivity index (χ2v) is 2.29. The Balaban J connectivity index is 3.00. The third kappa shape index (κ3) is 2.16. The molecule has 0 fully saturated rings. The monoisotopic (exact) mass is 181 g/mol. The van der Waals surface area contributed by atoms with Crippen LogP contribution in [0.3, 0.4) is 0 Å². The smallest absolute Gasteiger partial charge is 0.248 e. The van der Waals surface area contributed by atoms with Crippen LogP contribution >= 0.6 is 0 Å². The van der Waals surface area contributed by atoms with Crippen LogP contribution in [0.4, 0.5) is 5.69 Å². The predicted octanol–water partition coefficient (Wildman–Crippen LogP) is 0.449. The highest BCUT2D eigenvalue weighted by atomic mass is 16.6. The first-order valence-corrected chi connectivity index (χ1v) is 3.78. The van der Waals surface area contributed by atoms with Gasteiger partial charge >= 0.3 is 0 Å². The molecule has 5 heteroatoms. The van der Waals surface area contributed by atoms with Crippen LogP contribution in [0.1, 0.15) is 10.4 Å². The largest absolute Gasteiger partial charge is 0.388 e. The van der Waals surface area contributed by atoms with Gasteiger partial charge in [0.15, 0.2) is 6.29 Å². The number of carbonyl (C=O) groups excluding carboxylic acids is 1. The summed E-state index contributed by atoms with van der Waals surface area (Å²) in [5.74, 6) is 0.275. The average Bonchev–Trinajstić information content (AvgIpc) is 2.19. The zero-order valence-corrected chi connectivity index (χ0v) is 7.50. The fourth-order valence-electron chi connectivity index (χ4n) is 0.872. The van der Waals surface area contributed by atoms with Gasteiger partial charge in [-0.25, -0.2) is 4.98 Å². The Bertz CT molecular complexity index is 301. The molecule has 0 aromatic carbocycles. The number of anilines is 1. The summed E-state index contributed by atoms with van der Waals surface area (Å²) in [4.78, 5) is 19.4. The van der Waals surface area contributed by atoms with Gasteiger partial charge in [-0.2, -0.15) is 5.48 Å². The third-order valence-electron chi connectivity index (χ3n) is 1.49. The molecule has 1 aromatic heterocycles. The van der Waals surface area contributed by atoms with Crippen molar-refractivity contribution in [1.29, 1.82) is 0 Å². The molecule has 0 atom stereocenters. The summed E-state index contributed by atoms with van der Waals surface area (Å²) in [5, 5.41) is 2.87. The zero-order chi connectivity index (χ0) is 9.68. The molecule has 0 aliphatic heterocycles. The molecule has 0 bridgehead atoms. The lowest BCUT2D eigenvalue weighted by Crippen LogP contribution is -2.13. The maximum atomic E-state index is 10.6. The van der Waals surface area contributed by atoms with Crippen molar-refractivity contribution in [3.05, 3.63) is 17.8 Å². The van der Waals surface area contributed by atoms with Gasteiger partial charge in [-0.15, -0.1) is 0 Å². The number of hydrogen-bond donors (Lipinski definition) is 2. The van der Waals surface area contributed by atoms with Gasteiger partial charge in [0, 0.05) is 14.1 Å². The maximum absolute atomic E-state index is 10.6. The Labute approximate surface area is 76.1 Å². The van der Waals surface area contributed by atoms with Gasteiger partial charge in [0.1, 0.15) is 0 Å². The van der Waals surface area contributed by atoms with Crippen LogP contribution in [0.5, 0.6) is 5.88 Å². The number of hydrogen-bond acceptors (Lipinski definition) is 5. The van der Waals surface area contributed by atoms with Crippen LogP contribution in [0, 0.1) is 0 Å². The number of nitrogens with zero attached hydrogens (tertiary/aromatic N) is 1. The fraction of sp³-hybridized carbons (Fsp3) is 0.250. The average molecular weight is 181 g/mol. The maximum Gasteiger partial charge on any atom is 0.248 e. The minimum Gasteiger partial charge on any atom is -0.388 e. The molecule has 13 heavy (non-hydrogen) atoms. The summed E-state index contributed by atoms with van der Waals surface area (Å²) in [6, 6.07) is 1.66. The van der Waals surface area contributed by atoms with Crippen LogP contribution in [0.15, 0.2) is 12.3 Å². The minimum atomic E-state index is 0.275. The summed E-state index contributed by atoms with van der Waals surface area (Å²) in [6.07, 6.45) is 2.28. The minimum absolute atomic E-state index is 0.275. The van der Waals surface area contributed by atoms with Gasteiger partial charge in [0.2, 0.25) is 5.88 Å². The first-order valence-electron chi connectivity index (χ1n) is 3.78. The highest BCUT2D eigenvalue weighted by Gasteiger charge is 2.04. The number of pyridine rings is 1. The molecule has 0 aliphatic carbocycles. The number of rotatable bonds is 4. The molecule has 2 N–H and O–H groups in total. The van der Waals surface area contributed by atoms with Crippen molar-refractivity contribution in [2.75, 3.05) is 19.4 Å². The number of nitrogens with one attached hydrogen (secondary N) is 2. The lowest BCUT2D eigenvalue weighted by molar-refractivity contribution is 0.111. The van der Waals surface area contributed by atoms with Crippen molar-refractivity contribution >= 4 is 12.0 Å². The van der Waals surface area contributed by atoms with E-state index in [0.29, 0.717) is 11.8 Å². The first-order chi connectivity index (χ1) is 6.31. The number of aldehydes is 1. The van der Waals surface area contributed by atoms with E-state index < -0.39 is 0 Å². The third-order valence-corrected chi connectivity index (χ3v) is 1.49. The van der Waals surface area contributed by atoms with E-state index in [1.807, 2.05) is 0 Å². The molecule has 0 saturated carbocycles. The Kier molecular flexibility index (Phi) is 3.22. The van der Waals surface area contributed by atoms with Gasteiger partial charge in [0.25, 0.3) is 0 Å². The topological polar surface area (TPSA) is 63.2 Å². The first kappa shape index (κ1) is 9.47. The lowest BCUT2D eigenvalue weighted by Gasteiger charge is -2.05. The van der Waals surface area contributed by atoms with E-state index in [1.165, 1.54) is 0 Å². The fourth-order valence-corrected chi connectivity index (χ4v) is 0.872. The van der Waals surface area contributed by atoms with Crippen molar-refractivity contribution in [2.24, 2.45) is 0 Å². The van der Waals surface area contributed by atoms with Gasteiger partial charge < -0.3 is 10.2 Å². The molecule has 5 nitrogen and oxygen atoms in total. The van der Waals surface area contributed by atoms with Gasteiger partial charge in [0.05, 0.1) is 17.4 Å². The Hall–Kier alpha value is -1.62. The van der Waals surface area contributed by atoms with Gasteiger partial charge in [-0.05, 0) is 6.07 Å². The van der Waals surface area contributed by atoms with E-state index in [9.17, 15) is 4.79 Å². The normalized spacial score (nSPS) is 9.38. The molecule has 0 amide bonds. The predicted molar refractivity (Wildman–Crippen MR) is 48.9 cm³/mol. The Morgan fingerprint density at radius 2 is 2.31 bits per heavy atom. The van der Waals surface area contributed by atoms with E-state index in [0.717, 1.165) is 5.69 Å². The molecule has 0 spiro atoms. The molecule has 70 valence electrons. The van der Waals surface area contributed by atoms with Gasteiger partial charge in [-0.3, -0.25) is 4.79 Å². The van der Waals surface area contributed by atoms with Crippen molar-refractivity contribution in [3.63, 3.8) is 0 Å². The van der Waals surface area contributed by atoms with E-state index in [4.69, 9.17) is 4.84 Å². The summed E-state index contributed by atoms with van der Waals surface area (Å²) in [7, 11) is 3.35. The molecule has 0 aliphatic rings.